The standard InChI is InChI=1S/C23H28O3S/c1-18(27-20-13-7-4-8-14-20)10-9-15-21-22(16-23(24-2)26-21)25-17-19-11-5-3-6-12-19/h3-8,11-14,21-23H,1,9-10,15-17H2,2H3/t21-,22+,23+/m1/s1. The topological polar surface area (TPSA) is 27.7 Å². The van der Waals surface area contributed by atoms with E-state index < -0.39 is 0 Å². The average molecular weight is 385 g/mol. The molecule has 2 aromatic rings. The van der Waals surface area contributed by atoms with Crippen molar-refractivity contribution in [3.05, 3.63) is 77.7 Å². The summed E-state index contributed by atoms with van der Waals surface area (Å²) in [4.78, 5) is 2.42. The van der Waals surface area contributed by atoms with Crippen LogP contribution in [0.4, 0.5) is 0 Å². The number of ether oxygens (including phenoxy) is 3. The highest BCUT2D eigenvalue weighted by molar-refractivity contribution is 8.03. The molecule has 1 aliphatic rings. The van der Waals surface area contributed by atoms with Gasteiger partial charge in [-0.3, -0.25) is 0 Å². The van der Waals surface area contributed by atoms with Gasteiger partial charge in [-0.1, -0.05) is 66.9 Å². The molecule has 1 heterocycles. The molecular formula is C23H28O3S. The third-order valence-electron chi connectivity index (χ3n) is 4.69. The number of thioether (sulfide) groups is 1. The highest BCUT2D eigenvalue weighted by atomic mass is 32.2. The molecule has 0 saturated carbocycles. The van der Waals surface area contributed by atoms with Crippen molar-refractivity contribution in [2.75, 3.05) is 7.11 Å². The van der Waals surface area contributed by atoms with Crippen LogP contribution in [0.2, 0.25) is 0 Å². The van der Waals surface area contributed by atoms with Crippen molar-refractivity contribution in [1.29, 1.82) is 0 Å². The van der Waals surface area contributed by atoms with E-state index >= 15 is 0 Å². The van der Waals surface area contributed by atoms with E-state index in [1.165, 1.54) is 15.4 Å². The first-order valence-electron chi connectivity index (χ1n) is 9.49. The van der Waals surface area contributed by atoms with Crippen LogP contribution in [-0.4, -0.2) is 25.6 Å². The van der Waals surface area contributed by atoms with Crippen molar-refractivity contribution in [3.8, 4) is 0 Å². The molecule has 27 heavy (non-hydrogen) atoms. The van der Waals surface area contributed by atoms with E-state index in [2.05, 4.69) is 43.0 Å². The van der Waals surface area contributed by atoms with Gasteiger partial charge in [-0.2, -0.15) is 0 Å². The molecule has 0 unspecified atom stereocenters. The van der Waals surface area contributed by atoms with Crippen molar-refractivity contribution in [2.24, 2.45) is 0 Å². The van der Waals surface area contributed by atoms with Gasteiger partial charge in [-0.05, 0) is 41.9 Å². The van der Waals surface area contributed by atoms with Gasteiger partial charge in [-0.15, -0.1) is 0 Å². The molecule has 0 bridgehead atoms. The fourth-order valence-electron chi connectivity index (χ4n) is 3.24. The normalized spacial score (nSPS) is 22.0. The summed E-state index contributed by atoms with van der Waals surface area (Å²) in [6.07, 6.45) is 3.73. The second-order valence-corrected chi connectivity index (χ2v) is 8.01. The van der Waals surface area contributed by atoms with Crippen LogP contribution < -0.4 is 0 Å². The zero-order chi connectivity index (χ0) is 18.9. The Balaban J connectivity index is 1.44. The van der Waals surface area contributed by atoms with Crippen molar-refractivity contribution in [3.63, 3.8) is 0 Å². The SMILES string of the molecule is C=C(CCC[C@H]1O[C@H](OC)C[C@@H]1OCc1ccccc1)Sc1ccccc1. The minimum absolute atomic E-state index is 0.0743. The van der Waals surface area contributed by atoms with E-state index in [-0.39, 0.29) is 18.5 Å². The van der Waals surface area contributed by atoms with Gasteiger partial charge in [0.05, 0.1) is 18.8 Å². The zero-order valence-corrected chi connectivity index (χ0v) is 16.7. The summed E-state index contributed by atoms with van der Waals surface area (Å²) in [5, 5.41) is 0. The first-order valence-corrected chi connectivity index (χ1v) is 10.3. The van der Waals surface area contributed by atoms with E-state index in [1.807, 2.05) is 24.3 Å². The summed E-state index contributed by atoms with van der Waals surface area (Å²) in [7, 11) is 1.69. The number of allylic oxidation sites excluding steroid dienone is 1. The molecule has 1 fully saturated rings. The van der Waals surface area contributed by atoms with Gasteiger partial charge < -0.3 is 14.2 Å². The van der Waals surface area contributed by atoms with Crippen LogP contribution in [0, 0.1) is 0 Å². The Bertz CT molecular complexity index is 689. The van der Waals surface area contributed by atoms with Crippen LogP contribution in [0.5, 0.6) is 0 Å². The summed E-state index contributed by atoms with van der Waals surface area (Å²) < 4.78 is 17.6. The fraction of sp³-hybridized carbons (Fsp3) is 0.391. The van der Waals surface area contributed by atoms with E-state index in [4.69, 9.17) is 14.2 Å². The average Bonchev–Trinajstić information content (AvgIpc) is 3.10. The summed E-state index contributed by atoms with van der Waals surface area (Å²) in [5.41, 5.74) is 1.18. The second kappa shape index (κ2) is 10.7. The smallest absolute Gasteiger partial charge is 0.160 e. The van der Waals surface area contributed by atoms with Gasteiger partial charge in [0.1, 0.15) is 0 Å². The molecule has 1 aliphatic heterocycles. The Kier molecular flexibility index (Phi) is 7.96. The number of hydrogen-bond acceptors (Lipinski definition) is 4. The molecule has 3 rings (SSSR count). The lowest BCUT2D eigenvalue weighted by molar-refractivity contribution is -0.121. The minimum atomic E-state index is -0.169. The molecule has 144 valence electrons. The van der Waals surface area contributed by atoms with Crippen molar-refractivity contribution < 1.29 is 14.2 Å². The van der Waals surface area contributed by atoms with Crippen molar-refractivity contribution in [1.82, 2.24) is 0 Å². The van der Waals surface area contributed by atoms with E-state index in [9.17, 15) is 0 Å². The summed E-state index contributed by atoms with van der Waals surface area (Å²) in [6.45, 7) is 4.82. The van der Waals surface area contributed by atoms with Crippen LogP contribution in [0.15, 0.2) is 77.0 Å². The zero-order valence-electron chi connectivity index (χ0n) is 15.9. The maximum atomic E-state index is 6.15. The maximum Gasteiger partial charge on any atom is 0.160 e. The highest BCUT2D eigenvalue weighted by Gasteiger charge is 2.35. The molecule has 0 N–H and O–H groups in total. The summed E-state index contributed by atoms with van der Waals surface area (Å²) >= 11 is 1.75. The Morgan fingerprint density at radius 1 is 1.11 bits per heavy atom. The van der Waals surface area contributed by atoms with Gasteiger partial charge in [0.15, 0.2) is 6.29 Å². The molecule has 1 saturated heterocycles. The third kappa shape index (κ3) is 6.51. The van der Waals surface area contributed by atoms with Gasteiger partial charge in [0.2, 0.25) is 0 Å². The summed E-state index contributed by atoms with van der Waals surface area (Å²) in [6, 6.07) is 20.7. The van der Waals surface area contributed by atoms with E-state index in [0.717, 1.165) is 25.7 Å². The van der Waals surface area contributed by atoms with Crippen LogP contribution in [0.25, 0.3) is 0 Å². The Labute approximate surface area is 166 Å². The number of methoxy groups -OCH3 is 1. The Morgan fingerprint density at radius 2 is 1.81 bits per heavy atom. The lowest BCUT2D eigenvalue weighted by Gasteiger charge is -2.19. The minimum Gasteiger partial charge on any atom is -0.371 e. The molecule has 0 radical (unpaired) electrons. The van der Waals surface area contributed by atoms with Crippen molar-refractivity contribution in [2.45, 2.75) is 55.7 Å². The summed E-state index contributed by atoms with van der Waals surface area (Å²) in [5.74, 6) is 0. The number of rotatable bonds is 10. The lowest BCUT2D eigenvalue weighted by atomic mass is 10.1. The molecule has 2 aromatic carbocycles. The predicted octanol–water partition coefficient (Wildman–Crippen LogP) is 5.81. The fourth-order valence-corrected chi connectivity index (χ4v) is 4.12. The first-order chi connectivity index (χ1) is 13.2. The quantitative estimate of drug-likeness (QED) is 0.483. The van der Waals surface area contributed by atoms with Crippen LogP contribution in [0.3, 0.4) is 0 Å². The van der Waals surface area contributed by atoms with E-state index in [1.54, 1.807) is 18.9 Å². The van der Waals surface area contributed by atoms with Crippen LogP contribution in [-0.2, 0) is 20.8 Å². The monoisotopic (exact) mass is 384 g/mol. The Morgan fingerprint density at radius 3 is 2.52 bits per heavy atom. The molecule has 0 spiro atoms. The highest BCUT2D eigenvalue weighted by Crippen LogP contribution is 2.31. The first kappa shape index (κ1) is 20.2. The molecule has 0 aliphatic carbocycles. The van der Waals surface area contributed by atoms with Gasteiger partial charge >= 0.3 is 0 Å². The second-order valence-electron chi connectivity index (χ2n) is 6.76. The lowest BCUT2D eigenvalue weighted by Crippen LogP contribution is -2.24. The van der Waals surface area contributed by atoms with Crippen molar-refractivity contribution >= 4 is 11.8 Å². The molecule has 0 amide bonds. The van der Waals surface area contributed by atoms with Gasteiger partial charge in [-0.25, -0.2) is 0 Å². The van der Waals surface area contributed by atoms with Crippen LogP contribution >= 0.6 is 11.8 Å². The molecule has 4 heteroatoms. The Hall–Kier alpha value is -1.59. The molecule has 3 nitrogen and oxygen atoms in total. The third-order valence-corrected chi connectivity index (χ3v) is 5.69. The molecule has 0 aromatic heterocycles. The maximum absolute atomic E-state index is 6.15. The van der Waals surface area contributed by atoms with Gasteiger partial charge in [0, 0.05) is 18.4 Å². The largest absolute Gasteiger partial charge is 0.371 e. The van der Waals surface area contributed by atoms with Crippen LogP contribution in [0.1, 0.15) is 31.2 Å². The predicted molar refractivity (Wildman–Crippen MR) is 111 cm³/mol. The molecule has 3 atom stereocenters. The van der Waals surface area contributed by atoms with Gasteiger partial charge in [0.25, 0.3) is 0 Å². The molecular weight excluding hydrogens is 356 g/mol. The number of benzene rings is 2. The number of hydrogen-bond donors (Lipinski definition) is 0. The van der Waals surface area contributed by atoms with E-state index in [0.29, 0.717) is 6.61 Å².